The maximum absolute atomic E-state index is 13.1. The molecule has 170 valence electrons. The summed E-state index contributed by atoms with van der Waals surface area (Å²) in [6.45, 7) is 3.14. The van der Waals surface area contributed by atoms with E-state index in [-0.39, 0.29) is 42.1 Å². The first-order valence-electron chi connectivity index (χ1n) is 10.4. The molecular formula is C22H25N3O5S2. The Balaban J connectivity index is 1.55. The van der Waals surface area contributed by atoms with E-state index in [2.05, 4.69) is 12.2 Å². The molecule has 32 heavy (non-hydrogen) atoms. The Kier molecular flexibility index (Phi) is 6.85. The molecular weight excluding hydrogens is 450 g/mol. The summed E-state index contributed by atoms with van der Waals surface area (Å²) in [6, 6.07) is 12.3. The number of ether oxygens (including phenoxy) is 1. The summed E-state index contributed by atoms with van der Waals surface area (Å²) in [5.74, 6) is -0.386. The molecule has 2 amide bonds. The van der Waals surface area contributed by atoms with Gasteiger partial charge in [-0.05, 0) is 42.3 Å². The van der Waals surface area contributed by atoms with Crippen LogP contribution in [0.15, 0.2) is 52.3 Å². The molecule has 1 N–H and O–H groups in total. The van der Waals surface area contributed by atoms with E-state index in [0.717, 1.165) is 16.9 Å². The van der Waals surface area contributed by atoms with Crippen LogP contribution in [-0.4, -0.2) is 63.1 Å². The lowest BCUT2D eigenvalue weighted by Crippen LogP contribution is -2.42. The lowest BCUT2D eigenvalue weighted by Gasteiger charge is -2.30. The molecule has 2 aromatic rings. The van der Waals surface area contributed by atoms with E-state index < -0.39 is 10.0 Å². The zero-order chi connectivity index (χ0) is 22.7. The van der Waals surface area contributed by atoms with Gasteiger partial charge in [-0.15, -0.1) is 11.8 Å². The van der Waals surface area contributed by atoms with Crippen molar-refractivity contribution in [3.63, 3.8) is 0 Å². The van der Waals surface area contributed by atoms with Crippen LogP contribution in [0, 0.1) is 0 Å². The Hall–Kier alpha value is -2.40. The number of rotatable bonds is 6. The predicted octanol–water partition coefficient (Wildman–Crippen LogP) is 2.35. The summed E-state index contributed by atoms with van der Waals surface area (Å²) < 4.78 is 32.7. The summed E-state index contributed by atoms with van der Waals surface area (Å²) in [5.41, 5.74) is 2.25. The highest BCUT2D eigenvalue weighted by Gasteiger charge is 2.31. The molecule has 1 saturated heterocycles. The minimum absolute atomic E-state index is 0.106. The quantitative estimate of drug-likeness (QED) is 0.689. The number of hydrogen-bond donors (Lipinski definition) is 1. The number of anilines is 2. The molecule has 4 rings (SSSR count). The predicted molar refractivity (Wildman–Crippen MR) is 124 cm³/mol. The zero-order valence-corrected chi connectivity index (χ0v) is 19.4. The molecule has 0 unspecified atom stereocenters. The van der Waals surface area contributed by atoms with Crippen molar-refractivity contribution in [3.8, 4) is 0 Å². The van der Waals surface area contributed by atoms with Crippen LogP contribution < -0.4 is 10.2 Å². The largest absolute Gasteiger partial charge is 0.379 e. The number of benzene rings is 2. The Morgan fingerprint density at radius 3 is 2.53 bits per heavy atom. The molecule has 0 aromatic heterocycles. The smallest absolute Gasteiger partial charge is 0.244 e. The minimum atomic E-state index is -3.71. The first-order chi connectivity index (χ1) is 15.4. The van der Waals surface area contributed by atoms with Gasteiger partial charge in [0.25, 0.3) is 0 Å². The van der Waals surface area contributed by atoms with Gasteiger partial charge in [0.15, 0.2) is 0 Å². The Morgan fingerprint density at radius 1 is 1.12 bits per heavy atom. The number of morpholine rings is 1. The molecule has 10 heteroatoms. The van der Waals surface area contributed by atoms with Crippen molar-refractivity contribution in [2.24, 2.45) is 0 Å². The number of aryl methyl sites for hydroxylation is 1. The van der Waals surface area contributed by atoms with Crippen molar-refractivity contribution in [1.82, 2.24) is 4.31 Å². The number of carbonyl (C=O) groups excluding carboxylic acids is 2. The maximum Gasteiger partial charge on any atom is 0.244 e. The van der Waals surface area contributed by atoms with Crippen LogP contribution in [0.2, 0.25) is 0 Å². The Labute approximate surface area is 192 Å². The normalized spacial score (nSPS) is 17.2. The number of nitrogens with one attached hydrogen (secondary N) is 1. The van der Waals surface area contributed by atoms with Gasteiger partial charge in [0.2, 0.25) is 21.8 Å². The van der Waals surface area contributed by atoms with Crippen LogP contribution in [0.3, 0.4) is 0 Å². The van der Waals surface area contributed by atoms with Gasteiger partial charge in [0.05, 0.1) is 29.5 Å². The lowest BCUT2D eigenvalue weighted by molar-refractivity contribution is -0.120. The maximum atomic E-state index is 13.1. The standard InChI is InChI=1S/C22H25N3O5S2/c1-2-16-3-5-17(6-4-16)23-21(26)14-25-19-13-18(7-8-20(19)31-15-22(25)27)32(28,29)24-9-11-30-12-10-24/h3-8,13H,2,9-12,14-15H2,1H3,(H,23,26). The van der Waals surface area contributed by atoms with Crippen molar-refractivity contribution < 1.29 is 22.7 Å². The Morgan fingerprint density at radius 2 is 1.84 bits per heavy atom. The van der Waals surface area contributed by atoms with Gasteiger partial charge in [-0.3, -0.25) is 9.59 Å². The highest BCUT2D eigenvalue weighted by atomic mass is 32.2. The van der Waals surface area contributed by atoms with E-state index in [4.69, 9.17) is 4.74 Å². The lowest BCUT2D eigenvalue weighted by atomic mass is 10.1. The average Bonchev–Trinajstić information content (AvgIpc) is 2.81. The highest BCUT2D eigenvalue weighted by molar-refractivity contribution is 8.00. The van der Waals surface area contributed by atoms with E-state index in [0.29, 0.717) is 24.6 Å². The van der Waals surface area contributed by atoms with E-state index in [1.807, 2.05) is 24.3 Å². The fourth-order valence-electron chi connectivity index (χ4n) is 3.62. The molecule has 0 aliphatic carbocycles. The van der Waals surface area contributed by atoms with Gasteiger partial charge in [0.1, 0.15) is 6.54 Å². The molecule has 0 atom stereocenters. The van der Waals surface area contributed by atoms with E-state index in [1.54, 1.807) is 12.1 Å². The summed E-state index contributed by atoms with van der Waals surface area (Å²) >= 11 is 1.34. The van der Waals surface area contributed by atoms with Gasteiger partial charge in [-0.2, -0.15) is 4.31 Å². The van der Waals surface area contributed by atoms with Gasteiger partial charge in [-0.25, -0.2) is 8.42 Å². The third-order valence-electron chi connectivity index (χ3n) is 5.43. The van der Waals surface area contributed by atoms with Crippen molar-refractivity contribution in [2.45, 2.75) is 23.1 Å². The van der Waals surface area contributed by atoms with Crippen molar-refractivity contribution in [2.75, 3.05) is 48.8 Å². The first-order valence-corrected chi connectivity index (χ1v) is 12.8. The molecule has 2 aliphatic heterocycles. The van der Waals surface area contributed by atoms with Gasteiger partial charge < -0.3 is 15.0 Å². The number of fused-ring (bicyclic) bond motifs is 1. The number of thioether (sulfide) groups is 1. The van der Waals surface area contributed by atoms with Crippen LogP contribution in [-0.2, 0) is 30.8 Å². The van der Waals surface area contributed by atoms with Crippen LogP contribution in [0.1, 0.15) is 12.5 Å². The third-order valence-corrected chi connectivity index (χ3v) is 8.37. The third kappa shape index (κ3) is 4.83. The van der Waals surface area contributed by atoms with Crippen LogP contribution in [0.5, 0.6) is 0 Å². The van der Waals surface area contributed by atoms with Crippen LogP contribution in [0.4, 0.5) is 11.4 Å². The number of nitrogens with zero attached hydrogens (tertiary/aromatic N) is 2. The van der Waals surface area contributed by atoms with Crippen molar-refractivity contribution in [3.05, 3.63) is 48.0 Å². The second-order valence-corrected chi connectivity index (χ2v) is 10.5. The SMILES string of the molecule is CCc1ccc(NC(=O)CN2C(=O)CSc3ccc(S(=O)(=O)N4CCOCC4)cc32)cc1. The topological polar surface area (TPSA) is 96.0 Å². The number of amides is 2. The molecule has 2 heterocycles. The summed E-state index contributed by atoms with van der Waals surface area (Å²) in [7, 11) is -3.71. The zero-order valence-electron chi connectivity index (χ0n) is 17.7. The van der Waals surface area contributed by atoms with Crippen LogP contribution >= 0.6 is 11.8 Å². The van der Waals surface area contributed by atoms with Crippen LogP contribution in [0.25, 0.3) is 0 Å². The molecule has 0 bridgehead atoms. The first kappa shape index (κ1) is 22.8. The minimum Gasteiger partial charge on any atom is -0.379 e. The summed E-state index contributed by atoms with van der Waals surface area (Å²) in [6.07, 6.45) is 0.903. The van der Waals surface area contributed by atoms with E-state index >= 15 is 0 Å². The molecule has 0 spiro atoms. The second-order valence-electron chi connectivity index (χ2n) is 7.51. The molecule has 2 aliphatic rings. The molecule has 0 radical (unpaired) electrons. The number of carbonyl (C=O) groups is 2. The Bertz CT molecular complexity index is 1110. The molecule has 2 aromatic carbocycles. The van der Waals surface area contributed by atoms with Crippen molar-refractivity contribution in [1.29, 1.82) is 0 Å². The molecule has 1 fully saturated rings. The number of hydrogen-bond acceptors (Lipinski definition) is 6. The molecule has 0 saturated carbocycles. The molecule has 8 nitrogen and oxygen atoms in total. The fraction of sp³-hybridized carbons (Fsp3) is 0.364. The van der Waals surface area contributed by atoms with Gasteiger partial charge >= 0.3 is 0 Å². The second kappa shape index (κ2) is 9.62. The highest BCUT2D eigenvalue weighted by Crippen LogP contribution is 2.37. The summed E-state index contributed by atoms with van der Waals surface area (Å²) in [5, 5.41) is 2.81. The van der Waals surface area contributed by atoms with Crippen molar-refractivity contribution >= 4 is 45.0 Å². The summed E-state index contributed by atoms with van der Waals surface area (Å²) in [4.78, 5) is 27.5. The fourth-order valence-corrected chi connectivity index (χ4v) is 5.96. The average molecular weight is 476 g/mol. The van der Waals surface area contributed by atoms with E-state index in [1.165, 1.54) is 27.0 Å². The number of sulfonamides is 1. The monoisotopic (exact) mass is 475 g/mol. The van der Waals surface area contributed by atoms with Gasteiger partial charge in [0, 0.05) is 23.7 Å². The van der Waals surface area contributed by atoms with E-state index in [9.17, 15) is 18.0 Å². The van der Waals surface area contributed by atoms with Gasteiger partial charge in [-0.1, -0.05) is 19.1 Å².